The lowest BCUT2D eigenvalue weighted by molar-refractivity contribution is 0.0247. The number of amides is 2. The number of ether oxygens (including phenoxy) is 1. The molecule has 4 rings (SSSR count). The van der Waals surface area contributed by atoms with Crippen molar-refractivity contribution in [2.24, 2.45) is 11.7 Å². The Balaban J connectivity index is 1.69. The number of anilines is 2. The normalized spacial score (nSPS) is 20.4. The van der Waals surface area contributed by atoms with Gasteiger partial charge >= 0.3 is 6.09 Å². The van der Waals surface area contributed by atoms with Crippen LogP contribution in [0.4, 0.5) is 16.2 Å². The fraction of sp³-hybridized carbons (Fsp3) is 0.458. The molecule has 2 amide bonds. The molecule has 194 valence electrons. The first kappa shape index (κ1) is 26.0. The highest BCUT2D eigenvalue weighted by atomic mass is 35.5. The number of benzene rings is 1. The standard InChI is InChI=1S/C24H33ClN8O3/c1-15-12-16(8-9-28-15)21(34)33(27)22-29-19-7-5-6-18(25)20(19)32(22)17-13-30(10-11-31(26)14-17)23(35)36-24(2,3)4/h5-9,12,17,22,29H,10-11,13-14,26-27H2,1-4H3. The third-order valence-electron chi connectivity index (χ3n) is 6.01. The summed E-state index contributed by atoms with van der Waals surface area (Å²) in [5.74, 6) is 12.3. The lowest BCUT2D eigenvalue weighted by Gasteiger charge is -2.40. The number of aryl methyl sites for hydroxylation is 1. The van der Waals surface area contributed by atoms with Crippen molar-refractivity contribution in [1.29, 1.82) is 0 Å². The molecule has 0 aliphatic carbocycles. The average Bonchev–Trinajstić information content (AvgIpc) is 3.08. The Labute approximate surface area is 215 Å². The van der Waals surface area contributed by atoms with Crippen molar-refractivity contribution in [2.75, 3.05) is 36.4 Å². The fourth-order valence-corrected chi connectivity index (χ4v) is 4.70. The summed E-state index contributed by atoms with van der Waals surface area (Å²) in [5, 5.41) is 6.59. The zero-order chi connectivity index (χ0) is 26.2. The van der Waals surface area contributed by atoms with E-state index in [1.165, 1.54) is 0 Å². The Hall–Kier alpha value is -3.12. The van der Waals surface area contributed by atoms with Gasteiger partial charge in [-0.05, 0) is 52.0 Å². The fourth-order valence-electron chi connectivity index (χ4n) is 4.43. The lowest BCUT2D eigenvalue weighted by Crippen LogP contribution is -2.62. The summed E-state index contributed by atoms with van der Waals surface area (Å²) in [6, 6.07) is 8.40. The third kappa shape index (κ3) is 5.49. The summed E-state index contributed by atoms with van der Waals surface area (Å²) in [7, 11) is 0. The molecule has 12 heteroatoms. The first-order valence-corrected chi connectivity index (χ1v) is 12.1. The number of hydrazine groups is 2. The average molecular weight is 517 g/mol. The van der Waals surface area contributed by atoms with Crippen molar-refractivity contribution in [1.82, 2.24) is 19.9 Å². The van der Waals surface area contributed by atoms with Gasteiger partial charge in [0, 0.05) is 43.6 Å². The molecular formula is C24H33ClN8O3. The quantitative estimate of drug-likeness (QED) is 0.319. The van der Waals surface area contributed by atoms with E-state index in [2.05, 4.69) is 10.3 Å². The summed E-state index contributed by atoms with van der Waals surface area (Å²) in [6.07, 6.45) is 0.356. The van der Waals surface area contributed by atoms with Crippen LogP contribution in [0.5, 0.6) is 0 Å². The number of carbonyl (C=O) groups excluding carboxylic acids is 2. The Bertz CT molecular complexity index is 1140. The highest BCUT2D eigenvalue weighted by Gasteiger charge is 2.42. The minimum absolute atomic E-state index is 0.294. The van der Waals surface area contributed by atoms with Crippen molar-refractivity contribution in [3.63, 3.8) is 0 Å². The summed E-state index contributed by atoms with van der Waals surface area (Å²) >= 11 is 6.65. The highest BCUT2D eigenvalue weighted by molar-refractivity contribution is 6.34. The van der Waals surface area contributed by atoms with E-state index in [-0.39, 0.29) is 6.04 Å². The molecule has 0 spiro atoms. The first-order valence-electron chi connectivity index (χ1n) is 11.8. The van der Waals surface area contributed by atoms with Crippen LogP contribution in [0.2, 0.25) is 5.02 Å². The predicted octanol–water partition coefficient (Wildman–Crippen LogP) is 2.37. The molecule has 2 atom stereocenters. The number of fused-ring (bicyclic) bond motifs is 1. The molecule has 0 saturated carbocycles. The Morgan fingerprint density at radius 1 is 1.22 bits per heavy atom. The molecule has 1 saturated heterocycles. The van der Waals surface area contributed by atoms with Gasteiger partial charge in [-0.15, -0.1) is 0 Å². The van der Waals surface area contributed by atoms with Gasteiger partial charge in [0.15, 0.2) is 6.29 Å². The minimum Gasteiger partial charge on any atom is -0.444 e. The van der Waals surface area contributed by atoms with Gasteiger partial charge in [0.1, 0.15) is 5.60 Å². The van der Waals surface area contributed by atoms with Gasteiger partial charge in [0.05, 0.1) is 22.4 Å². The number of aromatic nitrogens is 1. The zero-order valence-electron chi connectivity index (χ0n) is 20.9. The molecule has 5 N–H and O–H groups in total. The zero-order valence-corrected chi connectivity index (χ0v) is 21.7. The molecule has 0 bridgehead atoms. The van der Waals surface area contributed by atoms with Crippen LogP contribution >= 0.6 is 11.6 Å². The van der Waals surface area contributed by atoms with E-state index in [0.717, 1.165) is 10.7 Å². The second-order valence-corrected chi connectivity index (χ2v) is 10.4. The number of nitrogens with zero attached hydrogens (tertiary/aromatic N) is 5. The number of hydrogen-bond donors (Lipinski definition) is 3. The van der Waals surface area contributed by atoms with Crippen molar-refractivity contribution in [2.45, 2.75) is 45.6 Å². The number of carbonyl (C=O) groups is 2. The van der Waals surface area contributed by atoms with E-state index in [9.17, 15) is 9.59 Å². The first-order chi connectivity index (χ1) is 16.9. The molecule has 1 aromatic heterocycles. The molecule has 2 aliphatic rings. The van der Waals surface area contributed by atoms with Crippen LogP contribution in [0.15, 0.2) is 36.5 Å². The number of halogens is 1. The smallest absolute Gasteiger partial charge is 0.410 e. The summed E-state index contributed by atoms with van der Waals surface area (Å²) in [4.78, 5) is 34.0. The van der Waals surface area contributed by atoms with E-state index < -0.39 is 23.9 Å². The van der Waals surface area contributed by atoms with Gasteiger partial charge in [0.2, 0.25) is 0 Å². The van der Waals surface area contributed by atoms with Gasteiger partial charge < -0.3 is 19.9 Å². The molecule has 1 fully saturated rings. The van der Waals surface area contributed by atoms with E-state index >= 15 is 0 Å². The Morgan fingerprint density at radius 2 is 1.97 bits per heavy atom. The van der Waals surface area contributed by atoms with E-state index in [1.807, 2.05) is 37.8 Å². The number of pyridine rings is 1. The van der Waals surface area contributed by atoms with Crippen LogP contribution in [-0.4, -0.2) is 76.0 Å². The SMILES string of the molecule is Cc1cc(C(=O)N(N)C2Nc3cccc(Cl)c3N2C2CN(N)CCN(C(=O)OC(C)(C)C)C2)ccn1. The van der Waals surface area contributed by atoms with Gasteiger partial charge in [-0.1, -0.05) is 17.7 Å². The third-order valence-corrected chi connectivity index (χ3v) is 6.32. The number of rotatable bonds is 3. The maximum absolute atomic E-state index is 13.4. The van der Waals surface area contributed by atoms with Gasteiger partial charge in [-0.3, -0.25) is 15.6 Å². The highest BCUT2D eigenvalue weighted by Crippen LogP contribution is 2.42. The van der Waals surface area contributed by atoms with Crippen LogP contribution in [0.1, 0.15) is 36.8 Å². The van der Waals surface area contributed by atoms with Crippen molar-refractivity contribution >= 4 is 35.0 Å². The molecule has 1 aromatic carbocycles. The molecule has 3 heterocycles. The predicted molar refractivity (Wildman–Crippen MR) is 138 cm³/mol. The summed E-state index contributed by atoms with van der Waals surface area (Å²) in [5.41, 5.74) is 1.87. The molecule has 11 nitrogen and oxygen atoms in total. The minimum atomic E-state index is -0.780. The Kier molecular flexibility index (Phi) is 7.28. The monoisotopic (exact) mass is 516 g/mol. The number of nitrogens with two attached hydrogens (primary N) is 2. The van der Waals surface area contributed by atoms with E-state index in [0.29, 0.717) is 48.1 Å². The van der Waals surface area contributed by atoms with E-state index in [1.54, 1.807) is 41.2 Å². The van der Waals surface area contributed by atoms with E-state index in [4.69, 9.17) is 28.0 Å². The van der Waals surface area contributed by atoms with Crippen molar-refractivity contribution < 1.29 is 14.3 Å². The molecule has 2 aliphatic heterocycles. The molecule has 2 aromatic rings. The van der Waals surface area contributed by atoms with Gasteiger partial charge in [-0.25, -0.2) is 20.7 Å². The largest absolute Gasteiger partial charge is 0.444 e. The number of para-hydroxylation sites is 1. The van der Waals surface area contributed by atoms with Crippen LogP contribution in [0, 0.1) is 6.92 Å². The summed E-state index contributed by atoms with van der Waals surface area (Å²) < 4.78 is 5.63. The van der Waals surface area contributed by atoms with Crippen LogP contribution in [0.25, 0.3) is 0 Å². The molecular weight excluding hydrogens is 484 g/mol. The second-order valence-electron chi connectivity index (χ2n) is 10.0. The molecule has 2 unspecified atom stereocenters. The van der Waals surface area contributed by atoms with Gasteiger partial charge in [-0.2, -0.15) is 0 Å². The van der Waals surface area contributed by atoms with Crippen LogP contribution in [-0.2, 0) is 4.74 Å². The molecule has 36 heavy (non-hydrogen) atoms. The molecule has 0 radical (unpaired) electrons. The topological polar surface area (TPSA) is 133 Å². The number of nitrogens with one attached hydrogen (secondary N) is 1. The maximum Gasteiger partial charge on any atom is 0.410 e. The Morgan fingerprint density at radius 3 is 2.67 bits per heavy atom. The summed E-state index contributed by atoms with van der Waals surface area (Å²) in [6.45, 7) is 8.82. The lowest BCUT2D eigenvalue weighted by atomic mass is 10.2. The second kappa shape index (κ2) is 10.1. The van der Waals surface area contributed by atoms with Crippen molar-refractivity contribution in [3.8, 4) is 0 Å². The number of hydrogen-bond acceptors (Lipinski definition) is 9. The van der Waals surface area contributed by atoms with Crippen LogP contribution < -0.4 is 21.9 Å². The van der Waals surface area contributed by atoms with Gasteiger partial charge in [0.25, 0.3) is 5.91 Å². The maximum atomic E-state index is 13.4. The van der Waals surface area contributed by atoms with Crippen LogP contribution in [0.3, 0.4) is 0 Å². The van der Waals surface area contributed by atoms with Crippen molar-refractivity contribution in [3.05, 3.63) is 52.8 Å².